The maximum absolute atomic E-state index is 13.1. The second kappa shape index (κ2) is 9.57. The second-order valence-corrected chi connectivity index (χ2v) is 9.82. The Morgan fingerprint density at radius 1 is 1.16 bits per heavy atom. The molecular formula is C24H29BrN6O. The maximum Gasteiger partial charge on any atom is 0.225 e. The van der Waals surface area contributed by atoms with Crippen LogP contribution >= 0.6 is 15.9 Å². The summed E-state index contributed by atoms with van der Waals surface area (Å²) in [7, 11) is 0. The van der Waals surface area contributed by atoms with Crippen molar-refractivity contribution in [3.8, 4) is 0 Å². The van der Waals surface area contributed by atoms with E-state index in [1.807, 2.05) is 22.8 Å². The number of carbonyl (C=O) groups excluding carboxylic acids is 1. The molecule has 1 saturated carbocycles. The van der Waals surface area contributed by atoms with Gasteiger partial charge in [-0.15, -0.1) is 0 Å². The Kier molecular flexibility index (Phi) is 6.39. The summed E-state index contributed by atoms with van der Waals surface area (Å²) in [6.45, 7) is 2.28. The number of nitrogens with zero attached hydrogens (tertiary/aromatic N) is 5. The molecule has 1 N–H and O–H groups in total. The Balaban J connectivity index is 1.38. The topological polar surface area (TPSA) is 75.4 Å². The average molecular weight is 497 g/mol. The Morgan fingerprint density at radius 2 is 2.03 bits per heavy atom. The van der Waals surface area contributed by atoms with Crippen LogP contribution in [0.15, 0.2) is 41.3 Å². The third kappa shape index (κ3) is 4.51. The molecular weight excluding hydrogens is 468 g/mol. The number of halogens is 1. The van der Waals surface area contributed by atoms with Gasteiger partial charge in [0.15, 0.2) is 5.65 Å². The largest absolute Gasteiger partial charge is 0.366 e. The van der Waals surface area contributed by atoms with Crippen LogP contribution in [0.4, 0.5) is 5.82 Å². The van der Waals surface area contributed by atoms with E-state index in [1.165, 1.54) is 19.3 Å². The first kappa shape index (κ1) is 21.4. The van der Waals surface area contributed by atoms with Crippen LogP contribution in [0, 0.1) is 5.92 Å². The summed E-state index contributed by atoms with van der Waals surface area (Å²) in [5.74, 6) is 1.71. The van der Waals surface area contributed by atoms with Crippen LogP contribution < -0.4 is 5.32 Å². The quantitative estimate of drug-likeness (QED) is 0.549. The lowest BCUT2D eigenvalue weighted by Gasteiger charge is -2.35. The fourth-order valence-electron chi connectivity index (χ4n) is 5.01. The summed E-state index contributed by atoms with van der Waals surface area (Å²) in [6, 6.07) is 6.09. The van der Waals surface area contributed by atoms with Crippen molar-refractivity contribution >= 4 is 33.3 Å². The molecule has 3 aromatic rings. The molecule has 7 nitrogen and oxygen atoms in total. The highest BCUT2D eigenvalue weighted by molar-refractivity contribution is 9.10. The molecule has 1 aliphatic heterocycles. The Labute approximate surface area is 196 Å². The normalized spacial score (nSPS) is 19.9. The number of rotatable bonds is 5. The molecule has 1 saturated heterocycles. The standard InChI is InChI=1S/C24H29BrN6O/c25-20-15-28-31-22(27-14-17-6-4-10-26-13-17)12-21(29-23(20)31)19-9-5-11-30(16-19)24(32)18-7-2-1-3-8-18/h4,6,10,12-13,15,18-19,27H,1-3,5,7-9,11,14,16H2. The zero-order chi connectivity index (χ0) is 21.9. The van der Waals surface area contributed by atoms with Gasteiger partial charge in [0.25, 0.3) is 0 Å². The predicted octanol–water partition coefficient (Wildman–Crippen LogP) is 4.79. The number of fused-ring (bicyclic) bond motifs is 1. The predicted molar refractivity (Wildman–Crippen MR) is 127 cm³/mol. The number of piperidine rings is 1. The SMILES string of the molecule is O=C(C1CCCCC1)N1CCCC(c2cc(NCc3cccnc3)n3ncc(Br)c3n2)C1. The Bertz CT molecular complexity index is 1080. The van der Waals surface area contributed by atoms with Crippen molar-refractivity contribution in [3.05, 3.63) is 52.5 Å². The number of anilines is 1. The summed E-state index contributed by atoms with van der Waals surface area (Å²) in [6.07, 6.45) is 13.2. The fourth-order valence-corrected chi connectivity index (χ4v) is 5.36. The van der Waals surface area contributed by atoms with Gasteiger partial charge >= 0.3 is 0 Å². The lowest BCUT2D eigenvalue weighted by atomic mass is 9.86. The van der Waals surface area contributed by atoms with E-state index in [9.17, 15) is 4.79 Å². The van der Waals surface area contributed by atoms with Gasteiger partial charge in [0, 0.05) is 49.9 Å². The zero-order valence-corrected chi connectivity index (χ0v) is 19.8. The number of hydrogen-bond donors (Lipinski definition) is 1. The van der Waals surface area contributed by atoms with Gasteiger partial charge in [-0.25, -0.2) is 4.98 Å². The second-order valence-electron chi connectivity index (χ2n) is 8.97. The molecule has 0 radical (unpaired) electrons. The van der Waals surface area contributed by atoms with Crippen LogP contribution in [0.3, 0.4) is 0 Å². The summed E-state index contributed by atoms with van der Waals surface area (Å²) in [5, 5.41) is 7.99. The van der Waals surface area contributed by atoms with Crippen molar-refractivity contribution in [2.75, 3.05) is 18.4 Å². The molecule has 4 heterocycles. The van der Waals surface area contributed by atoms with Gasteiger partial charge in [-0.05, 0) is 53.2 Å². The number of pyridine rings is 1. The van der Waals surface area contributed by atoms with E-state index in [2.05, 4.69) is 42.3 Å². The fraction of sp³-hybridized carbons (Fsp3) is 0.500. The minimum absolute atomic E-state index is 0.221. The molecule has 32 heavy (non-hydrogen) atoms. The third-order valence-electron chi connectivity index (χ3n) is 6.75. The molecule has 3 aromatic heterocycles. The van der Waals surface area contributed by atoms with Crippen molar-refractivity contribution in [1.29, 1.82) is 0 Å². The molecule has 1 aliphatic carbocycles. The van der Waals surface area contributed by atoms with Gasteiger partial charge in [-0.1, -0.05) is 25.3 Å². The Morgan fingerprint density at radius 3 is 2.84 bits per heavy atom. The minimum Gasteiger partial charge on any atom is -0.366 e. The van der Waals surface area contributed by atoms with Crippen LogP contribution in [0.5, 0.6) is 0 Å². The van der Waals surface area contributed by atoms with E-state index in [4.69, 9.17) is 4.98 Å². The molecule has 5 rings (SSSR count). The van der Waals surface area contributed by atoms with Gasteiger partial charge in [-0.2, -0.15) is 9.61 Å². The highest BCUT2D eigenvalue weighted by Crippen LogP contribution is 2.32. The highest BCUT2D eigenvalue weighted by Gasteiger charge is 2.31. The molecule has 1 atom stereocenters. The molecule has 1 unspecified atom stereocenters. The van der Waals surface area contributed by atoms with Crippen LogP contribution in [0.1, 0.15) is 62.1 Å². The number of hydrogen-bond acceptors (Lipinski definition) is 5. The first-order chi connectivity index (χ1) is 15.7. The molecule has 0 bridgehead atoms. The van der Waals surface area contributed by atoms with Gasteiger partial charge in [-0.3, -0.25) is 9.78 Å². The number of aromatic nitrogens is 4. The summed E-state index contributed by atoms with van der Waals surface area (Å²) in [4.78, 5) is 24.4. The van der Waals surface area contributed by atoms with Gasteiger partial charge < -0.3 is 10.2 Å². The zero-order valence-electron chi connectivity index (χ0n) is 18.2. The highest BCUT2D eigenvalue weighted by atomic mass is 79.9. The molecule has 0 spiro atoms. The number of amides is 1. The lowest BCUT2D eigenvalue weighted by molar-refractivity contribution is -0.137. The first-order valence-electron chi connectivity index (χ1n) is 11.6. The number of carbonyl (C=O) groups is 1. The molecule has 0 aromatic carbocycles. The van der Waals surface area contributed by atoms with Gasteiger partial charge in [0.1, 0.15) is 5.82 Å². The van der Waals surface area contributed by atoms with E-state index in [1.54, 1.807) is 12.4 Å². The molecule has 168 valence electrons. The lowest BCUT2D eigenvalue weighted by Crippen LogP contribution is -2.43. The van der Waals surface area contributed by atoms with E-state index in [-0.39, 0.29) is 11.8 Å². The summed E-state index contributed by atoms with van der Waals surface area (Å²) >= 11 is 3.59. The summed E-state index contributed by atoms with van der Waals surface area (Å²) < 4.78 is 2.70. The van der Waals surface area contributed by atoms with Crippen molar-refractivity contribution in [1.82, 2.24) is 24.5 Å². The monoisotopic (exact) mass is 496 g/mol. The van der Waals surface area contributed by atoms with Crippen molar-refractivity contribution < 1.29 is 4.79 Å². The van der Waals surface area contributed by atoms with E-state index < -0.39 is 0 Å². The van der Waals surface area contributed by atoms with Crippen LogP contribution in [-0.4, -0.2) is 43.5 Å². The van der Waals surface area contributed by atoms with E-state index in [0.717, 1.165) is 66.0 Å². The number of nitrogens with one attached hydrogen (secondary N) is 1. The van der Waals surface area contributed by atoms with Gasteiger partial charge in [0.05, 0.1) is 16.4 Å². The minimum atomic E-state index is 0.221. The average Bonchev–Trinajstić information content (AvgIpc) is 3.24. The van der Waals surface area contributed by atoms with E-state index in [0.29, 0.717) is 12.5 Å². The molecule has 2 aliphatic rings. The Hall–Kier alpha value is -2.48. The molecule has 2 fully saturated rings. The van der Waals surface area contributed by atoms with Crippen molar-refractivity contribution in [2.24, 2.45) is 5.92 Å². The number of likely N-dealkylation sites (tertiary alicyclic amines) is 1. The summed E-state index contributed by atoms with van der Waals surface area (Å²) in [5.41, 5.74) is 2.92. The smallest absolute Gasteiger partial charge is 0.225 e. The third-order valence-corrected chi connectivity index (χ3v) is 7.31. The van der Waals surface area contributed by atoms with E-state index >= 15 is 0 Å². The first-order valence-corrected chi connectivity index (χ1v) is 12.4. The molecule has 1 amide bonds. The van der Waals surface area contributed by atoms with Gasteiger partial charge in [0.2, 0.25) is 5.91 Å². The van der Waals surface area contributed by atoms with Crippen molar-refractivity contribution in [2.45, 2.75) is 57.4 Å². The van der Waals surface area contributed by atoms with Crippen molar-refractivity contribution in [3.63, 3.8) is 0 Å². The van der Waals surface area contributed by atoms with Crippen LogP contribution in [0.2, 0.25) is 0 Å². The van der Waals surface area contributed by atoms with Crippen LogP contribution in [0.25, 0.3) is 5.65 Å². The van der Waals surface area contributed by atoms with Crippen LogP contribution in [-0.2, 0) is 11.3 Å². The molecule has 8 heteroatoms. The maximum atomic E-state index is 13.1.